The predicted molar refractivity (Wildman–Crippen MR) is 104 cm³/mol. The van der Waals surface area contributed by atoms with Crippen LogP contribution in [-0.4, -0.2) is 21.5 Å². The maximum absolute atomic E-state index is 12.6. The lowest BCUT2D eigenvalue weighted by Crippen LogP contribution is -1.98. The summed E-state index contributed by atoms with van der Waals surface area (Å²) in [6.45, 7) is 1.89. The molecular formula is C20H17ClO3S. The van der Waals surface area contributed by atoms with Crippen LogP contribution in [0.2, 0.25) is 5.02 Å². The second-order valence-corrected chi connectivity index (χ2v) is 7.64. The third kappa shape index (κ3) is 3.32. The molecule has 1 aliphatic carbocycles. The summed E-state index contributed by atoms with van der Waals surface area (Å²) in [5, 5.41) is 9.84. The van der Waals surface area contributed by atoms with Crippen LogP contribution in [0.25, 0.3) is 16.1 Å². The molecule has 2 aromatic rings. The molecule has 0 bridgehead atoms. The highest BCUT2D eigenvalue weighted by atomic mass is 35.5. The summed E-state index contributed by atoms with van der Waals surface area (Å²) >= 11 is 6.13. The van der Waals surface area contributed by atoms with Crippen LogP contribution in [0.4, 0.5) is 0 Å². The van der Waals surface area contributed by atoms with E-state index >= 15 is 0 Å². The number of aliphatic carboxylic acids is 1. The quantitative estimate of drug-likeness (QED) is 0.834. The Labute approximate surface area is 154 Å². The summed E-state index contributed by atoms with van der Waals surface area (Å²) in [7, 11) is -1.24. The summed E-state index contributed by atoms with van der Waals surface area (Å²) in [5.74, 6) is -0.902. The number of carboxylic acids is 1. The van der Waals surface area contributed by atoms with Crippen molar-refractivity contribution >= 4 is 44.4 Å². The number of carbonyl (C=O) groups is 1. The minimum Gasteiger partial charge on any atom is -0.481 e. The van der Waals surface area contributed by atoms with Crippen LogP contribution < -0.4 is 0 Å². The van der Waals surface area contributed by atoms with Crippen molar-refractivity contribution in [1.29, 1.82) is 0 Å². The Morgan fingerprint density at radius 1 is 1.12 bits per heavy atom. The Morgan fingerprint density at radius 2 is 1.80 bits per heavy atom. The number of rotatable bonds is 4. The van der Waals surface area contributed by atoms with Gasteiger partial charge in [0.15, 0.2) is 0 Å². The first kappa shape index (κ1) is 17.6. The average Bonchev–Trinajstić information content (AvgIpc) is 2.81. The van der Waals surface area contributed by atoms with Crippen molar-refractivity contribution in [3.63, 3.8) is 0 Å². The molecule has 25 heavy (non-hydrogen) atoms. The van der Waals surface area contributed by atoms with Gasteiger partial charge in [-0.15, -0.1) is 0 Å². The Morgan fingerprint density at radius 3 is 2.40 bits per heavy atom. The fourth-order valence-electron chi connectivity index (χ4n) is 3.25. The Bertz CT molecular complexity index is 943. The second kappa shape index (κ2) is 6.98. The Balaban J connectivity index is 2.36. The molecule has 3 rings (SSSR count). The zero-order valence-electron chi connectivity index (χ0n) is 13.9. The van der Waals surface area contributed by atoms with E-state index in [4.69, 9.17) is 11.6 Å². The molecule has 1 aliphatic rings. The molecule has 5 heteroatoms. The van der Waals surface area contributed by atoms with Crippen molar-refractivity contribution in [2.24, 2.45) is 0 Å². The minimum atomic E-state index is -1.24. The van der Waals surface area contributed by atoms with Gasteiger partial charge in [0.25, 0.3) is 0 Å². The van der Waals surface area contributed by atoms with E-state index in [0.717, 1.165) is 33.4 Å². The topological polar surface area (TPSA) is 54.4 Å². The molecule has 1 atom stereocenters. The van der Waals surface area contributed by atoms with E-state index in [0.29, 0.717) is 9.93 Å². The van der Waals surface area contributed by atoms with Gasteiger partial charge in [0.1, 0.15) is 0 Å². The predicted octanol–water partition coefficient (Wildman–Crippen LogP) is 4.85. The van der Waals surface area contributed by atoms with Gasteiger partial charge in [-0.1, -0.05) is 48.0 Å². The van der Waals surface area contributed by atoms with E-state index < -0.39 is 16.8 Å². The van der Waals surface area contributed by atoms with E-state index in [-0.39, 0.29) is 6.42 Å². The maximum atomic E-state index is 12.6. The van der Waals surface area contributed by atoms with Crippen molar-refractivity contribution in [2.45, 2.75) is 13.3 Å². The highest BCUT2D eigenvalue weighted by Crippen LogP contribution is 2.47. The summed E-state index contributed by atoms with van der Waals surface area (Å²) in [6.07, 6.45) is 1.55. The SMILES string of the molecule is CC1=C(CC(=O)O)c2cc(Cl)ccc2C1=C(c1ccccc1)S(C)=O. The minimum absolute atomic E-state index is 0.0961. The van der Waals surface area contributed by atoms with Crippen molar-refractivity contribution in [3.8, 4) is 0 Å². The van der Waals surface area contributed by atoms with Crippen molar-refractivity contribution in [3.05, 3.63) is 75.8 Å². The van der Waals surface area contributed by atoms with E-state index in [1.807, 2.05) is 43.3 Å². The highest BCUT2D eigenvalue weighted by molar-refractivity contribution is 7.94. The number of carboxylic acid groups (broad SMARTS) is 1. The standard InChI is InChI=1S/C20H17ClO3S/c1-12-16(11-18(22)23)17-10-14(21)8-9-15(17)19(12)20(25(2)24)13-6-4-3-5-7-13/h3-10H,11H2,1-2H3,(H,22,23). The zero-order valence-corrected chi connectivity index (χ0v) is 15.4. The molecule has 0 radical (unpaired) electrons. The van der Waals surface area contributed by atoms with Crippen LogP contribution in [0.5, 0.6) is 0 Å². The van der Waals surface area contributed by atoms with Crippen LogP contribution in [0.1, 0.15) is 30.0 Å². The lowest BCUT2D eigenvalue weighted by molar-refractivity contribution is -0.135. The van der Waals surface area contributed by atoms with Crippen LogP contribution in [0.3, 0.4) is 0 Å². The maximum Gasteiger partial charge on any atom is 0.307 e. The van der Waals surface area contributed by atoms with Gasteiger partial charge < -0.3 is 5.11 Å². The lowest BCUT2D eigenvalue weighted by Gasteiger charge is -2.12. The van der Waals surface area contributed by atoms with Gasteiger partial charge in [0.05, 0.1) is 22.1 Å². The molecule has 0 heterocycles. The molecule has 0 saturated heterocycles. The molecule has 2 aromatic carbocycles. The molecule has 1 N–H and O–H groups in total. The number of hydrogen-bond acceptors (Lipinski definition) is 2. The van der Waals surface area contributed by atoms with Crippen LogP contribution in [0, 0.1) is 0 Å². The normalized spacial score (nSPS) is 16.6. The van der Waals surface area contributed by atoms with Gasteiger partial charge in [0.2, 0.25) is 0 Å². The van der Waals surface area contributed by atoms with E-state index in [2.05, 4.69) is 0 Å². The summed E-state index contributed by atoms with van der Waals surface area (Å²) in [4.78, 5) is 12.0. The number of benzene rings is 2. The largest absolute Gasteiger partial charge is 0.481 e. The smallest absolute Gasteiger partial charge is 0.307 e. The molecule has 0 amide bonds. The first-order chi connectivity index (χ1) is 11.9. The van der Waals surface area contributed by atoms with Crippen LogP contribution >= 0.6 is 11.6 Å². The first-order valence-corrected chi connectivity index (χ1v) is 9.69. The highest BCUT2D eigenvalue weighted by Gasteiger charge is 2.29. The number of hydrogen-bond donors (Lipinski definition) is 1. The second-order valence-electron chi connectivity index (χ2n) is 5.89. The molecular weight excluding hydrogens is 356 g/mol. The molecule has 0 spiro atoms. The third-order valence-electron chi connectivity index (χ3n) is 4.28. The van der Waals surface area contributed by atoms with Crippen molar-refractivity contribution < 1.29 is 14.1 Å². The number of halogens is 1. The average molecular weight is 373 g/mol. The third-order valence-corrected chi connectivity index (χ3v) is 5.53. The van der Waals surface area contributed by atoms with Gasteiger partial charge in [0, 0.05) is 16.9 Å². The van der Waals surface area contributed by atoms with Gasteiger partial charge >= 0.3 is 5.97 Å². The summed E-state index contributed by atoms with van der Waals surface area (Å²) in [6, 6.07) is 15.0. The van der Waals surface area contributed by atoms with E-state index in [9.17, 15) is 14.1 Å². The monoisotopic (exact) mass is 372 g/mol. The molecule has 0 aliphatic heterocycles. The first-order valence-electron chi connectivity index (χ1n) is 7.75. The van der Waals surface area contributed by atoms with Gasteiger partial charge in [-0.25, -0.2) is 0 Å². The molecule has 1 unspecified atom stereocenters. The van der Waals surface area contributed by atoms with Gasteiger partial charge in [-0.05, 0) is 46.9 Å². The Kier molecular flexibility index (Phi) is 4.93. The summed E-state index contributed by atoms with van der Waals surface area (Å²) in [5.41, 5.74) is 4.96. The lowest BCUT2D eigenvalue weighted by atomic mass is 10.0. The molecule has 0 fully saturated rings. The van der Waals surface area contributed by atoms with E-state index in [1.54, 1.807) is 18.4 Å². The molecule has 128 valence electrons. The van der Waals surface area contributed by atoms with Crippen LogP contribution in [0.15, 0.2) is 54.1 Å². The fraction of sp³-hybridized carbons (Fsp3) is 0.150. The molecule has 0 aromatic heterocycles. The van der Waals surface area contributed by atoms with Gasteiger partial charge in [-0.3, -0.25) is 9.00 Å². The van der Waals surface area contributed by atoms with Crippen molar-refractivity contribution in [2.75, 3.05) is 6.26 Å². The van der Waals surface area contributed by atoms with Crippen molar-refractivity contribution in [1.82, 2.24) is 0 Å². The Hall–Kier alpha value is -2.17. The number of fused-ring (bicyclic) bond motifs is 1. The van der Waals surface area contributed by atoms with Gasteiger partial charge in [-0.2, -0.15) is 0 Å². The molecule has 3 nitrogen and oxygen atoms in total. The number of allylic oxidation sites excluding steroid dienone is 2. The van der Waals surface area contributed by atoms with Crippen LogP contribution in [-0.2, 0) is 15.6 Å². The van der Waals surface area contributed by atoms with E-state index in [1.165, 1.54) is 0 Å². The summed E-state index contributed by atoms with van der Waals surface area (Å²) < 4.78 is 12.6. The molecule has 0 saturated carbocycles. The zero-order chi connectivity index (χ0) is 18.1. The fourth-order valence-corrected chi connectivity index (χ4v) is 4.44.